The number of benzene rings is 2. The van der Waals surface area contributed by atoms with Crippen molar-refractivity contribution in [2.45, 2.75) is 22.6 Å². The summed E-state index contributed by atoms with van der Waals surface area (Å²) in [7, 11) is 1.39. The molecule has 0 fully saturated rings. The van der Waals surface area contributed by atoms with Crippen LogP contribution in [0, 0.1) is 0 Å². The monoisotopic (exact) mass is 286 g/mol. The van der Waals surface area contributed by atoms with Gasteiger partial charge in [0.1, 0.15) is 5.75 Å². The van der Waals surface area contributed by atoms with Crippen LogP contribution in [0.2, 0.25) is 0 Å². The van der Waals surface area contributed by atoms with E-state index < -0.39 is 0 Å². The van der Waals surface area contributed by atoms with Crippen LogP contribution in [-0.4, -0.2) is 18.2 Å². The molecule has 3 rings (SSSR count). The Hall–Kier alpha value is -1.94. The molecule has 2 aromatic rings. The van der Waals surface area contributed by atoms with E-state index in [1.54, 1.807) is 23.9 Å². The summed E-state index contributed by atoms with van der Waals surface area (Å²) in [5.74, 6) is -0.0193. The Morgan fingerprint density at radius 2 is 1.90 bits per heavy atom. The second kappa shape index (κ2) is 5.21. The van der Waals surface area contributed by atoms with Crippen LogP contribution in [0.3, 0.4) is 0 Å². The van der Waals surface area contributed by atoms with E-state index in [4.69, 9.17) is 4.74 Å². The minimum Gasteiger partial charge on any atom is -0.508 e. The highest BCUT2D eigenvalue weighted by molar-refractivity contribution is 7.99. The number of phenols is 1. The second-order valence-electron chi connectivity index (χ2n) is 4.71. The van der Waals surface area contributed by atoms with E-state index in [0.717, 1.165) is 28.2 Å². The molecule has 1 N–H and O–H groups in total. The smallest absolute Gasteiger partial charge is 0.337 e. The van der Waals surface area contributed by atoms with Gasteiger partial charge in [-0.05, 0) is 54.3 Å². The fourth-order valence-electron chi connectivity index (χ4n) is 2.35. The maximum atomic E-state index is 11.6. The molecule has 20 heavy (non-hydrogen) atoms. The van der Waals surface area contributed by atoms with E-state index >= 15 is 0 Å². The Morgan fingerprint density at radius 1 is 1.10 bits per heavy atom. The number of rotatable bonds is 1. The number of aromatic hydroxyl groups is 1. The summed E-state index contributed by atoms with van der Waals surface area (Å²) in [6.45, 7) is 0. The van der Waals surface area contributed by atoms with Gasteiger partial charge in [-0.15, -0.1) is 0 Å². The first-order valence-corrected chi connectivity index (χ1v) is 7.20. The van der Waals surface area contributed by atoms with Gasteiger partial charge in [0.15, 0.2) is 0 Å². The first kappa shape index (κ1) is 13.1. The first-order chi connectivity index (χ1) is 9.67. The Kier molecular flexibility index (Phi) is 3.40. The number of hydrogen-bond acceptors (Lipinski definition) is 4. The van der Waals surface area contributed by atoms with Crippen molar-refractivity contribution in [3.05, 3.63) is 53.1 Å². The van der Waals surface area contributed by atoms with Crippen molar-refractivity contribution in [3.63, 3.8) is 0 Å². The van der Waals surface area contributed by atoms with E-state index in [1.807, 2.05) is 24.3 Å². The lowest BCUT2D eigenvalue weighted by Crippen LogP contribution is -2.02. The Bertz CT molecular complexity index is 679. The van der Waals surface area contributed by atoms with Gasteiger partial charge in [-0.3, -0.25) is 0 Å². The van der Waals surface area contributed by atoms with E-state index in [9.17, 15) is 9.90 Å². The summed E-state index contributed by atoms with van der Waals surface area (Å²) in [5.41, 5.74) is 2.94. The number of carbonyl (C=O) groups excluding carboxylic acids is 1. The van der Waals surface area contributed by atoms with Gasteiger partial charge < -0.3 is 9.84 Å². The van der Waals surface area contributed by atoms with Gasteiger partial charge in [-0.1, -0.05) is 17.8 Å². The number of aryl methyl sites for hydroxylation is 2. The molecule has 3 nitrogen and oxygen atoms in total. The van der Waals surface area contributed by atoms with Crippen molar-refractivity contribution in [1.29, 1.82) is 0 Å². The standard InChI is InChI=1S/C16H14O3S/c1-19-16(18)12-5-3-10-2-4-11-8-13(17)6-7-14(11)20-15(10)9-12/h3,5-9,17H,2,4H2,1H3. The molecule has 102 valence electrons. The number of methoxy groups -OCH3 is 1. The average Bonchev–Trinajstić information content (AvgIpc) is 2.64. The quantitative estimate of drug-likeness (QED) is 0.816. The summed E-state index contributed by atoms with van der Waals surface area (Å²) in [4.78, 5) is 13.8. The summed E-state index contributed by atoms with van der Waals surface area (Å²) >= 11 is 1.64. The molecule has 0 spiro atoms. The lowest BCUT2D eigenvalue weighted by atomic mass is 10.0. The van der Waals surface area contributed by atoms with Crippen molar-refractivity contribution in [2.24, 2.45) is 0 Å². The number of fused-ring (bicyclic) bond motifs is 2. The lowest BCUT2D eigenvalue weighted by Gasteiger charge is -2.07. The molecule has 1 heterocycles. The molecule has 0 amide bonds. The van der Waals surface area contributed by atoms with E-state index in [2.05, 4.69) is 0 Å². The zero-order chi connectivity index (χ0) is 14.1. The van der Waals surface area contributed by atoms with Gasteiger partial charge in [-0.2, -0.15) is 0 Å². The van der Waals surface area contributed by atoms with Crippen LogP contribution in [-0.2, 0) is 17.6 Å². The molecule has 0 aromatic heterocycles. The molecule has 4 heteroatoms. The third kappa shape index (κ3) is 2.39. The highest BCUT2D eigenvalue weighted by atomic mass is 32.2. The van der Waals surface area contributed by atoms with Gasteiger partial charge in [0, 0.05) is 9.79 Å². The fraction of sp³-hybridized carbons (Fsp3) is 0.188. The third-order valence-corrected chi connectivity index (χ3v) is 4.63. The van der Waals surface area contributed by atoms with Crippen LogP contribution in [0.15, 0.2) is 46.2 Å². The minimum absolute atomic E-state index is 0.297. The topological polar surface area (TPSA) is 46.5 Å². The zero-order valence-corrected chi connectivity index (χ0v) is 11.9. The van der Waals surface area contributed by atoms with Crippen molar-refractivity contribution in [1.82, 2.24) is 0 Å². The molecule has 2 aromatic carbocycles. The molecule has 0 bridgehead atoms. The maximum Gasteiger partial charge on any atom is 0.337 e. The predicted octanol–water partition coefficient (Wildman–Crippen LogP) is 3.43. The van der Waals surface area contributed by atoms with Gasteiger partial charge >= 0.3 is 5.97 Å². The molecule has 0 atom stereocenters. The first-order valence-electron chi connectivity index (χ1n) is 6.38. The fourth-order valence-corrected chi connectivity index (χ4v) is 3.50. The highest BCUT2D eigenvalue weighted by Gasteiger charge is 2.16. The van der Waals surface area contributed by atoms with E-state index in [0.29, 0.717) is 11.3 Å². The molecule has 0 aliphatic carbocycles. The largest absolute Gasteiger partial charge is 0.508 e. The van der Waals surface area contributed by atoms with Crippen LogP contribution in [0.25, 0.3) is 0 Å². The van der Waals surface area contributed by atoms with Crippen LogP contribution >= 0.6 is 11.8 Å². The molecule has 0 unspecified atom stereocenters. The summed E-state index contributed by atoms with van der Waals surface area (Å²) < 4.78 is 4.76. The maximum absolute atomic E-state index is 11.6. The van der Waals surface area contributed by atoms with Crippen molar-refractivity contribution >= 4 is 17.7 Å². The van der Waals surface area contributed by atoms with Gasteiger partial charge in [0.2, 0.25) is 0 Å². The number of carbonyl (C=O) groups is 1. The number of esters is 1. The molecular formula is C16H14O3S. The Balaban J connectivity index is 2.02. The van der Waals surface area contributed by atoms with Crippen molar-refractivity contribution in [2.75, 3.05) is 7.11 Å². The SMILES string of the molecule is COC(=O)c1ccc2c(c1)Sc1ccc(O)cc1CC2. The number of hydrogen-bond donors (Lipinski definition) is 1. The summed E-state index contributed by atoms with van der Waals surface area (Å²) in [6.07, 6.45) is 1.79. The zero-order valence-electron chi connectivity index (χ0n) is 11.1. The number of ether oxygens (including phenoxy) is 1. The van der Waals surface area contributed by atoms with Crippen LogP contribution in [0.5, 0.6) is 5.75 Å². The molecule has 0 saturated heterocycles. The number of phenolic OH excluding ortho intramolecular Hbond substituents is 1. The lowest BCUT2D eigenvalue weighted by molar-refractivity contribution is 0.0600. The van der Waals surface area contributed by atoms with Crippen LogP contribution < -0.4 is 0 Å². The average molecular weight is 286 g/mol. The third-order valence-electron chi connectivity index (χ3n) is 3.42. The van der Waals surface area contributed by atoms with Crippen molar-refractivity contribution in [3.8, 4) is 5.75 Å². The second-order valence-corrected chi connectivity index (χ2v) is 5.79. The summed E-state index contributed by atoms with van der Waals surface area (Å²) in [5, 5.41) is 9.58. The van der Waals surface area contributed by atoms with Crippen LogP contribution in [0.1, 0.15) is 21.5 Å². The van der Waals surface area contributed by atoms with E-state index in [1.165, 1.54) is 12.7 Å². The Morgan fingerprint density at radius 3 is 2.70 bits per heavy atom. The van der Waals surface area contributed by atoms with Gasteiger partial charge in [0.25, 0.3) is 0 Å². The Labute approximate surface area is 121 Å². The predicted molar refractivity (Wildman–Crippen MR) is 77.4 cm³/mol. The molecule has 0 saturated carbocycles. The molecular weight excluding hydrogens is 272 g/mol. The highest BCUT2D eigenvalue weighted by Crippen LogP contribution is 2.38. The normalized spacial score (nSPS) is 13.1. The summed E-state index contributed by atoms with van der Waals surface area (Å²) in [6, 6.07) is 11.1. The van der Waals surface area contributed by atoms with E-state index in [-0.39, 0.29) is 5.97 Å². The van der Waals surface area contributed by atoms with Crippen molar-refractivity contribution < 1.29 is 14.6 Å². The van der Waals surface area contributed by atoms with Gasteiger partial charge in [0.05, 0.1) is 12.7 Å². The van der Waals surface area contributed by atoms with Crippen LogP contribution in [0.4, 0.5) is 0 Å². The van der Waals surface area contributed by atoms with Gasteiger partial charge in [-0.25, -0.2) is 4.79 Å². The molecule has 0 radical (unpaired) electrons. The minimum atomic E-state index is -0.316. The molecule has 1 aliphatic heterocycles. The molecule has 1 aliphatic rings.